The minimum Gasteiger partial charge on any atom is -0.316 e. The van der Waals surface area contributed by atoms with Crippen molar-refractivity contribution < 1.29 is 0 Å². The molecule has 0 aliphatic carbocycles. The predicted octanol–water partition coefficient (Wildman–Crippen LogP) is 0.938. The molecule has 2 heterocycles. The number of pyridine rings is 1. The molecule has 100 valence electrons. The summed E-state index contributed by atoms with van der Waals surface area (Å²) in [6.07, 6.45) is 1.90. The number of hydrogen-bond acceptors (Lipinski definition) is 4. The van der Waals surface area contributed by atoms with Crippen LogP contribution in [0.2, 0.25) is 0 Å². The highest BCUT2D eigenvalue weighted by atomic mass is 15.3. The third kappa shape index (κ3) is 3.51. The summed E-state index contributed by atoms with van der Waals surface area (Å²) < 4.78 is 0. The lowest BCUT2D eigenvalue weighted by atomic mass is 10.1. The van der Waals surface area contributed by atoms with Gasteiger partial charge in [-0.1, -0.05) is 13.0 Å². The Balaban J connectivity index is 1.93. The predicted molar refractivity (Wildman–Crippen MR) is 74.4 cm³/mol. The van der Waals surface area contributed by atoms with Crippen LogP contribution in [0, 0.1) is 0 Å². The Morgan fingerprint density at radius 2 is 1.94 bits per heavy atom. The van der Waals surface area contributed by atoms with Crippen LogP contribution in [0.15, 0.2) is 18.3 Å². The van der Waals surface area contributed by atoms with E-state index >= 15 is 0 Å². The third-order valence-electron chi connectivity index (χ3n) is 3.64. The lowest BCUT2D eigenvalue weighted by Crippen LogP contribution is -2.45. The first-order chi connectivity index (χ1) is 8.83. The Kier molecular flexibility index (Phi) is 5.11. The van der Waals surface area contributed by atoms with Crippen LogP contribution in [0.3, 0.4) is 0 Å². The molecule has 1 aliphatic rings. The average molecular weight is 248 g/mol. The van der Waals surface area contributed by atoms with Gasteiger partial charge in [0, 0.05) is 45.5 Å². The SMILES string of the molecule is CCN1CCN(Cc2ncccc2CNC)CC1. The zero-order valence-corrected chi connectivity index (χ0v) is 11.5. The molecule has 0 saturated carbocycles. The van der Waals surface area contributed by atoms with E-state index in [1.54, 1.807) is 0 Å². The van der Waals surface area contributed by atoms with Crippen LogP contribution in [-0.4, -0.2) is 54.6 Å². The molecule has 1 fully saturated rings. The van der Waals surface area contributed by atoms with Gasteiger partial charge in [-0.05, 0) is 25.2 Å². The second kappa shape index (κ2) is 6.83. The second-order valence-corrected chi connectivity index (χ2v) is 4.85. The lowest BCUT2D eigenvalue weighted by Gasteiger charge is -2.34. The minimum atomic E-state index is 0.901. The Bertz CT molecular complexity index is 359. The fourth-order valence-electron chi connectivity index (χ4n) is 2.44. The maximum atomic E-state index is 4.54. The molecule has 1 aromatic heterocycles. The summed E-state index contributed by atoms with van der Waals surface area (Å²) in [4.78, 5) is 9.55. The number of nitrogens with zero attached hydrogens (tertiary/aromatic N) is 3. The normalized spacial score (nSPS) is 18.1. The van der Waals surface area contributed by atoms with Crippen LogP contribution in [0.1, 0.15) is 18.2 Å². The molecule has 0 aromatic carbocycles. The Morgan fingerprint density at radius 1 is 1.22 bits per heavy atom. The van der Waals surface area contributed by atoms with Crippen molar-refractivity contribution in [1.29, 1.82) is 0 Å². The summed E-state index contributed by atoms with van der Waals surface area (Å²) >= 11 is 0. The van der Waals surface area contributed by atoms with Crippen molar-refractivity contribution in [1.82, 2.24) is 20.1 Å². The van der Waals surface area contributed by atoms with Crippen LogP contribution < -0.4 is 5.32 Å². The summed E-state index contributed by atoms with van der Waals surface area (Å²) in [6, 6.07) is 4.19. The van der Waals surface area contributed by atoms with Gasteiger partial charge in [0.2, 0.25) is 0 Å². The minimum absolute atomic E-state index is 0.901. The number of rotatable bonds is 5. The molecular weight excluding hydrogens is 224 g/mol. The van der Waals surface area contributed by atoms with Crippen LogP contribution in [-0.2, 0) is 13.1 Å². The van der Waals surface area contributed by atoms with E-state index in [-0.39, 0.29) is 0 Å². The fraction of sp³-hybridized carbons (Fsp3) is 0.643. The van der Waals surface area contributed by atoms with Crippen molar-refractivity contribution in [3.8, 4) is 0 Å². The van der Waals surface area contributed by atoms with E-state index < -0.39 is 0 Å². The van der Waals surface area contributed by atoms with Gasteiger partial charge >= 0.3 is 0 Å². The largest absolute Gasteiger partial charge is 0.316 e. The molecule has 0 atom stereocenters. The van der Waals surface area contributed by atoms with E-state index in [4.69, 9.17) is 0 Å². The number of likely N-dealkylation sites (N-methyl/N-ethyl adjacent to an activating group) is 1. The highest BCUT2D eigenvalue weighted by Crippen LogP contribution is 2.10. The van der Waals surface area contributed by atoms with Crippen molar-refractivity contribution in [2.24, 2.45) is 0 Å². The zero-order chi connectivity index (χ0) is 12.8. The van der Waals surface area contributed by atoms with Gasteiger partial charge in [0.1, 0.15) is 0 Å². The first kappa shape index (κ1) is 13.5. The van der Waals surface area contributed by atoms with Crippen LogP contribution in [0.5, 0.6) is 0 Å². The third-order valence-corrected chi connectivity index (χ3v) is 3.64. The summed E-state index contributed by atoms with van der Waals surface area (Å²) in [7, 11) is 1.98. The standard InChI is InChI=1S/C14H24N4/c1-3-17-7-9-18(10-8-17)12-14-13(11-15-2)5-4-6-16-14/h4-6,15H,3,7-12H2,1-2H3. The van der Waals surface area contributed by atoms with Gasteiger partial charge in [-0.2, -0.15) is 0 Å². The zero-order valence-electron chi connectivity index (χ0n) is 11.5. The summed E-state index contributed by atoms with van der Waals surface area (Å²) in [5.41, 5.74) is 2.54. The quantitative estimate of drug-likeness (QED) is 0.840. The van der Waals surface area contributed by atoms with Crippen molar-refractivity contribution >= 4 is 0 Å². The highest BCUT2D eigenvalue weighted by Gasteiger charge is 2.16. The van der Waals surface area contributed by atoms with Crippen molar-refractivity contribution in [2.45, 2.75) is 20.0 Å². The van der Waals surface area contributed by atoms with Gasteiger partial charge in [0.05, 0.1) is 5.69 Å². The Hall–Kier alpha value is -0.970. The highest BCUT2D eigenvalue weighted by molar-refractivity contribution is 5.19. The smallest absolute Gasteiger partial charge is 0.0588 e. The Labute approximate surface area is 110 Å². The number of piperazine rings is 1. The molecule has 0 radical (unpaired) electrons. The molecule has 1 aromatic rings. The Morgan fingerprint density at radius 3 is 2.61 bits per heavy atom. The van der Waals surface area contributed by atoms with Gasteiger partial charge in [-0.3, -0.25) is 9.88 Å². The van der Waals surface area contributed by atoms with Gasteiger partial charge in [0.25, 0.3) is 0 Å². The van der Waals surface area contributed by atoms with Crippen molar-refractivity contribution in [3.63, 3.8) is 0 Å². The molecule has 4 heteroatoms. The number of nitrogens with one attached hydrogen (secondary N) is 1. The van der Waals surface area contributed by atoms with Crippen LogP contribution in [0.25, 0.3) is 0 Å². The van der Waals surface area contributed by atoms with Crippen LogP contribution >= 0.6 is 0 Å². The molecule has 18 heavy (non-hydrogen) atoms. The van der Waals surface area contributed by atoms with E-state index in [9.17, 15) is 0 Å². The summed E-state index contributed by atoms with van der Waals surface area (Å²) in [5.74, 6) is 0. The molecule has 1 saturated heterocycles. The average Bonchev–Trinajstić information content (AvgIpc) is 2.42. The summed E-state index contributed by atoms with van der Waals surface area (Å²) in [6.45, 7) is 9.97. The molecule has 2 rings (SSSR count). The van der Waals surface area contributed by atoms with E-state index in [0.29, 0.717) is 0 Å². The molecule has 1 N–H and O–H groups in total. The topological polar surface area (TPSA) is 31.4 Å². The second-order valence-electron chi connectivity index (χ2n) is 4.85. The lowest BCUT2D eigenvalue weighted by molar-refractivity contribution is 0.130. The van der Waals surface area contributed by atoms with Gasteiger partial charge in [-0.25, -0.2) is 0 Å². The van der Waals surface area contributed by atoms with E-state index in [2.05, 4.69) is 33.1 Å². The van der Waals surface area contributed by atoms with Crippen molar-refractivity contribution in [2.75, 3.05) is 39.8 Å². The first-order valence-electron chi connectivity index (χ1n) is 6.85. The first-order valence-corrected chi connectivity index (χ1v) is 6.85. The molecular formula is C14H24N4. The number of hydrogen-bond donors (Lipinski definition) is 1. The summed E-state index contributed by atoms with van der Waals surface area (Å²) in [5, 5.41) is 3.21. The molecule has 0 bridgehead atoms. The monoisotopic (exact) mass is 248 g/mol. The van der Waals surface area contributed by atoms with E-state index in [1.807, 2.05) is 19.3 Å². The van der Waals surface area contributed by atoms with Gasteiger partial charge < -0.3 is 10.2 Å². The van der Waals surface area contributed by atoms with Gasteiger partial charge in [-0.15, -0.1) is 0 Å². The molecule has 4 nitrogen and oxygen atoms in total. The van der Waals surface area contributed by atoms with Crippen LogP contribution in [0.4, 0.5) is 0 Å². The molecule has 1 aliphatic heterocycles. The number of aromatic nitrogens is 1. The molecule has 0 amide bonds. The van der Waals surface area contributed by atoms with Gasteiger partial charge in [0.15, 0.2) is 0 Å². The maximum Gasteiger partial charge on any atom is 0.0588 e. The van der Waals surface area contributed by atoms with E-state index in [0.717, 1.165) is 26.2 Å². The van der Waals surface area contributed by atoms with E-state index in [1.165, 1.54) is 30.9 Å². The fourth-order valence-corrected chi connectivity index (χ4v) is 2.44. The molecule has 0 unspecified atom stereocenters. The molecule has 0 spiro atoms. The van der Waals surface area contributed by atoms with Crippen molar-refractivity contribution in [3.05, 3.63) is 29.6 Å². The maximum absolute atomic E-state index is 4.54.